The molecule has 8 nitrogen and oxygen atoms in total. The van der Waals surface area contributed by atoms with Crippen LogP contribution in [0, 0.1) is 18.6 Å². The van der Waals surface area contributed by atoms with E-state index in [9.17, 15) is 18.4 Å². The van der Waals surface area contributed by atoms with Gasteiger partial charge in [0.25, 0.3) is 5.91 Å². The molecule has 2 N–H and O–H groups in total. The highest BCUT2D eigenvalue weighted by Crippen LogP contribution is 2.32. The number of nitrogens with zero attached hydrogens (tertiary/aromatic N) is 2. The van der Waals surface area contributed by atoms with E-state index in [1.165, 1.54) is 4.68 Å². The number of nitrogens with one attached hydrogen (secondary N) is 2. The number of carbonyl (C=O) groups excluding carboxylic acids is 2. The van der Waals surface area contributed by atoms with E-state index in [0.717, 1.165) is 11.6 Å². The fourth-order valence-corrected chi connectivity index (χ4v) is 3.30. The van der Waals surface area contributed by atoms with Crippen LogP contribution in [0.15, 0.2) is 36.5 Å². The van der Waals surface area contributed by atoms with Gasteiger partial charge in [0.1, 0.15) is 11.6 Å². The first-order chi connectivity index (χ1) is 15.3. The van der Waals surface area contributed by atoms with E-state index in [2.05, 4.69) is 15.7 Å². The summed E-state index contributed by atoms with van der Waals surface area (Å²) in [5.41, 5.74) is 1.10. The molecule has 0 aliphatic carbocycles. The molecule has 4 rings (SSSR count). The highest BCUT2D eigenvalue weighted by molar-refractivity contribution is 6.05. The summed E-state index contributed by atoms with van der Waals surface area (Å²) in [4.78, 5) is 24.8. The lowest BCUT2D eigenvalue weighted by Gasteiger charge is -2.10. The van der Waals surface area contributed by atoms with Crippen molar-refractivity contribution < 1.29 is 27.8 Å². The largest absolute Gasteiger partial charge is 0.454 e. The van der Waals surface area contributed by atoms with Gasteiger partial charge in [-0.05, 0) is 37.1 Å². The lowest BCUT2D eigenvalue weighted by atomic mass is 10.1. The van der Waals surface area contributed by atoms with Crippen LogP contribution in [0.2, 0.25) is 0 Å². The Morgan fingerprint density at radius 2 is 1.84 bits per heavy atom. The summed E-state index contributed by atoms with van der Waals surface area (Å²) in [5.74, 6) is -2.05. The Morgan fingerprint density at radius 3 is 2.59 bits per heavy atom. The second kappa shape index (κ2) is 8.66. The smallest absolute Gasteiger partial charge is 0.258 e. The fourth-order valence-electron chi connectivity index (χ4n) is 3.30. The fraction of sp³-hybridized carbons (Fsp3) is 0.227. The highest BCUT2D eigenvalue weighted by atomic mass is 19.1. The van der Waals surface area contributed by atoms with Crippen molar-refractivity contribution in [2.45, 2.75) is 19.8 Å². The third-order valence-electron chi connectivity index (χ3n) is 4.91. The molecule has 32 heavy (non-hydrogen) atoms. The van der Waals surface area contributed by atoms with Crippen LogP contribution in [0.5, 0.6) is 11.5 Å². The lowest BCUT2D eigenvalue weighted by Crippen LogP contribution is -2.17. The number of carbonyl (C=O) groups is 2. The van der Waals surface area contributed by atoms with Crippen LogP contribution in [0.1, 0.15) is 28.0 Å². The zero-order valence-corrected chi connectivity index (χ0v) is 17.4. The Bertz CT molecular complexity index is 1210. The zero-order valence-electron chi connectivity index (χ0n) is 17.4. The van der Waals surface area contributed by atoms with E-state index >= 15 is 0 Å². The third-order valence-corrected chi connectivity index (χ3v) is 4.91. The van der Waals surface area contributed by atoms with E-state index in [1.807, 2.05) is 6.07 Å². The molecular formula is C22H20F2N4O4. The predicted octanol–water partition coefficient (Wildman–Crippen LogP) is 3.56. The average Bonchev–Trinajstić information content (AvgIpc) is 3.33. The summed E-state index contributed by atoms with van der Waals surface area (Å²) < 4.78 is 40.5. The van der Waals surface area contributed by atoms with Crippen molar-refractivity contribution in [2.24, 2.45) is 7.05 Å². The van der Waals surface area contributed by atoms with Crippen molar-refractivity contribution >= 4 is 23.2 Å². The molecule has 0 unspecified atom stereocenters. The van der Waals surface area contributed by atoms with E-state index in [1.54, 1.807) is 32.3 Å². The lowest BCUT2D eigenvalue weighted by molar-refractivity contribution is -0.116. The Balaban J connectivity index is 1.43. The second-order valence-corrected chi connectivity index (χ2v) is 7.30. The molecule has 1 aromatic heterocycles. The van der Waals surface area contributed by atoms with Gasteiger partial charge < -0.3 is 20.1 Å². The number of aromatic nitrogens is 2. The number of ether oxygens (including phenoxy) is 2. The van der Waals surface area contributed by atoms with Gasteiger partial charge in [-0.2, -0.15) is 5.10 Å². The Kier molecular flexibility index (Phi) is 5.76. The maximum atomic E-state index is 14.2. The molecule has 2 amide bonds. The van der Waals surface area contributed by atoms with Crippen LogP contribution >= 0.6 is 0 Å². The minimum atomic E-state index is -1.04. The van der Waals surface area contributed by atoms with Gasteiger partial charge in [-0.3, -0.25) is 14.3 Å². The summed E-state index contributed by atoms with van der Waals surface area (Å²) >= 11 is 0. The topological polar surface area (TPSA) is 94.5 Å². The van der Waals surface area contributed by atoms with Crippen LogP contribution in [-0.2, 0) is 18.3 Å². The third kappa shape index (κ3) is 4.53. The minimum Gasteiger partial charge on any atom is -0.454 e. The molecule has 0 fully saturated rings. The van der Waals surface area contributed by atoms with Gasteiger partial charge in [-0.1, -0.05) is 6.07 Å². The highest BCUT2D eigenvalue weighted by Gasteiger charge is 2.19. The number of aryl methyl sites for hydroxylation is 3. The SMILES string of the molecule is Cc1nn(C)cc1NC(=O)c1cc(NC(=O)CCc2ccc3c(c2)OCO3)c(F)cc1F. The molecule has 2 aromatic carbocycles. The number of halogens is 2. The maximum absolute atomic E-state index is 14.2. The molecule has 0 saturated heterocycles. The van der Waals surface area contributed by atoms with Crippen LogP contribution in [0.4, 0.5) is 20.2 Å². The van der Waals surface area contributed by atoms with Crippen molar-refractivity contribution in [2.75, 3.05) is 17.4 Å². The first kappa shape index (κ1) is 21.3. The van der Waals surface area contributed by atoms with Crippen LogP contribution in [0.25, 0.3) is 0 Å². The quantitative estimate of drug-likeness (QED) is 0.609. The molecule has 0 radical (unpaired) electrons. The molecule has 0 atom stereocenters. The zero-order chi connectivity index (χ0) is 22.8. The Hall–Kier alpha value is -3.95. The van der Waals surface area contributed by atoms with Gasteiger partial charge in [0.15, 0.2) is 11.5 Å². The van der Waals surface area contributed by atoms with Gasteiger partial charge in [-0.15, -0.1) is 0 Å². The first-order valence-electron chi connectivity index (χ1n) is 9.79. The average molecular weight is 442 g/mol. The molecule has 0 spiro atoms. The van der Waals surface area contributed by atoms with Crippen molar-refractivity contribution in [1.82, 2.24) is 9.78 Å². The molecular weight excluding hydrogens is 422 g/mol. The molecule has 1 aliphatic heterocycles. The minimum absolute atomic E-state index is 0.0485. The number of hydrogen-bond donors (Lipinski definition) is 2. The van der Waals surface area contributed by atoms with E-state index in [0.29, 0.717) is 35.4 Å². The van der Waals surface area contributed by atoms with Gasteiger partial charge in [0.05, 0.1) is 22.6 Å². The summed E-state index contributed by atoms with van der Waals surface area (Å²) in [7, 11) is 1.68. The number of hydrogen-bond acceptors (Lipinski definition) is 5. The summed E-state index contributed by atoms with van der Waals surface area (Å²) in [6.07, 6.45) is 1.99. The van der Waals surface area contributed by atoms with Crippen molar-refractivity contribution in [3.63, 3.8) is 0 Å². The molecule has 0 bridgehead atoms. The van der Waals surface area contributed by atoms with Crippen molar-refractivity contribution in [3.05, 3.63) is 65.0 Å². The van der Waals surface area contributed by atoms with Gasteiger partial charge >= 0.3 is 0 Å². The predicted molar refractivity (Wildman–Crippen MR) is 112 cm³/mol. The van der Waals surface area contributed by atoms with E-state index in [-0.39, 0.29) is 18.9 Å². The molecule has 10 heteroatoms. The summed E-state index contributed by atoms with van der Waals surface area (Å²) in [6, 6.07) is 6.88. The molecule has 2 heterocycles. The monoisotopic (exact) mass is 442 g/mol. The number of anilines is 2. The Labute approximate surface area is 182 Å². The molecule has 0 saturated carbocycles. The molecule has 1 aliphatic rings. The number of rotatable bonds is 6. The van der Waals surface area contributed by atoms with E-state index < -0.39 is 29.0 Å². The number of amides is 2. The van der Waals surface area contributed by atoms with E-state index in [4.69, 9.17) is 9.47 Å². The van der Waals surface area contributed by atoms with Crippen LogP contribution in [-0.4, -0.2) is 28.4 Å². The first-order valence-corrected chi connectivity index (χ1v) is 9.79. The number of fused-ring (bicyclic) bond motifs is 1. The van der Waals surface area contributed by atoms with Crippen molar-refractivity contribution in [1.29, 1.82) is 0 Å². The van der Waals surface area contributed by atoms with Crippen LogP contribution < -0.4 is 20.1 Å². The molecule has 166 valence electrons. The van der Waals surface area contributed by atoms with Gasteiger partial charge in [0.2, 0.25) is 12.7 Å². The Morgan fingerprint density at radius 1 is 1.06 bits per heavy atom. The normalized spacial score (nSPS) is 12.0. The summed E-state index contributed by atoms with van der Waals surface area (Å²) in [5, 5.41) is 9.03. The summed E-state index contributed by atoms with van der Waals surface area (Å²) in [6.45, 7) is 1.84. The second-order valence-electron chi connectivity index (χ2n) is 7.30. The standard InChI is InChI=1S/C22H20F2N4O4/c1-12-18(10-28(2)27-12)26-22(30)14-8-17(16(24)9-15(14)23)25-21(29)6-4-13-3-5-19-20(7-13)32-11-31-19/h3,5,7-10H,4,6,11H2,1-2H3,(H,25,29)(H,26,30). The number of benzene rings is 2. The molecule has 3 aromatic rings. The maximum Gasteiger partial charge on any atom is 0.258 e. The van der Waals surface area contributed by atoms with Crippen LogP contribution in [0.3, 0.4) is 0 Å². The van der Waals surface area contributed by atoms with Gasteiger partial charge in [-0.25, -0.2) is 8.78 Å². The van der Waals surface area contributed by atoms with Gasteiger partial charge in [0, 0.05) is 25.7 Å². The van der Waals surface area contributed by atoms with Crippen molar-refractivity contribution in [3.8, 4) is 11.5 Å².